The first-order valence-corrected chi connectivity index (χ1v) is 7.95. The minimum Gasteiger partial charge on any atom is -0.385 e. The van der Waals surface area contributed by atoms with Crippen molar-refractivity contribution in [2.45, 2.75) is 51.6 Å². The Labute approximate surface area is 127 Å². The molecule has 0 bridgehead atoms. The van der Waals surface area contributed by atoms with Crippen LogP contribution in [0.3, 0.4) is 0 Å². The Hall–Kier alpha value is -1.60. The summed E-state index contributed by atoms with van der Waals surface area (Å²) in [5.41, 5.74) is 5.58. The van der Waals surface area contributed by atoms with E-state index in [0.717, 1.165) is 12.0 Å². The molecule has 1 aliphatic rings. The molecule has 21 heavy (non-hydrogen) atoms. The monoisotopic (exact) mass is 280 g/mol. The molecular formula is C20H24O. The summed E-state index contributed by atoms with van der Waals surface area (Å²) in [5.74, 6) is 0. The number of hydrogen-bond acceptors (Lipinski definition) is 1. The molecule has 1 nitrogen and oxygen atoms in total. The zero-order chi connectivity index (χ0) is 14.9. The van der Waals surface area contributed by atoms with Gasteiger partial charge in [-0.05, 0) is 61.8 Å². The van der Waals surface area contributed by atoms with Crippen LogP contribution in [0.25, 0.3) is 0 Å². The predicted molar refractivity (Wildman–Crippen MR) is 87.5 cm³/mol. The van der Waals surface area contributed by atoms with Gasteiger partial charge in [0.1, 0.15) is 0 Å². The van der Waals surface area contributed by atoms with E-state index in [1.54, 1.807) is 0 Å². The van der Waals surface area contributed by atoms with Crippen LogP contribution in [-0.4, -0.2) is 5.11 Å². The SMILES string of the molecule is Cc1cccc(CC(C)(O)c2ccc3c(c2)CCCC3)c1. The predicted octanol–water partition coefficient (Wildman–Crippen LogP) is 4.32. The highest BCUT2D eigenvalue weighted by molar-refractivity contribution is 5.37. The van der Waals surface area contributed by atoms with Gasteiger partial charge in [-0.2, -0.15) is 0 Å². The molecule has 1 N–H and O–H groups in total. The largest absolute Gasteiger partial charge is 0.385 e. The van der Waals surface area contributed by atoms with E-state index in [1.807, 2.05) is 6.92 Å². The van der Waals surface area contributed by atoms with Crippen molar-refractivity contribution < 1.29 is 5.11 Å². The molecule has 0 saturated carbocycles. The summed E-state index contributed by atoms with van der Waals surface area (Å²) in [7, 11) is 0. The van der Waals surface area contributed by atoms with Crippen molar-refractivity contribution in [2.24, 2.45) is 0 Å². The second-order valence-electron chi connectivity index (χ2n) is 6.63. The number of benzene rings is 2. The molecule has 0 fully saturated rings. The van der Waals surface area contributed by atoms with Gasteiger partial charge in [-0.25, -0.2) is 0 Å². The van der Waals surface area contributed by atoms with Crippen LogP contribution >= 0.6 is 0 Å². The lowest BCUT2D eigenvalue weighted by molar-refractivity contribution is 0.0575. The molecule has 0 aliphatic heterocycles. The molecule has 0 spiro atoms. The fourth-order valence-corrected chi connectivity index (χ4v) is 3.39. The molecule has 3 rings (SSSR count). The molecule has 0 radical (unpaired) electrons. The molecule has 0 saturated heterocycles. The Kier molecular flexibility index (Phi) is 3.86. The zero-order valence-electron chi connectivity index (χ0n) is 13.0. The van der Waals surface area contributed by atoms with E-state index in [1.165, 1.54) is 41.5 Å². The van der Waals surface area contributed by atoms with Gasteiger partial charge in [0.05, 0.1) is 5.60 Å². The van der Waals surface area contributed by atoms with Crippen LogP contribution in [0.4, 0.5) is 0 Å². The van der Waals surface area contributed by atoms with Gasteiger partial charge >= 0.3 is 0 Å². The lowest BCUT2D eigenvalue weighted by Crippen LogP contribution is -2.25. The van der Waals surface area contributed by atoms with E-state index < -0.39 is 5.60 Å². The lowest BCUT2D eigenvalue weighted by atomic mass is 9.84. The highest BCUT2D eigenvalue weighted by Crippen LogP contribution is 2.30. The quantitative estimate of drug-likeness (QED) is 0.887. The normalized spacial score (nSPS) is 17.1. The number of hydrogen-bond donors (Lipinski definition) is 1. The number of aryl methyl sites for hydroxylation is 3. The molecule has 0 aromatic heterocycles. The second kappa shape index (κ2) is 5.65. The third-order valence-corrected chi connectivity index (χ3v) is 4.60. The van der Waals surface area contributed by atoms with Crippen molar-refractivity contribution in [1.82, 2.24) is 0 Å². The summed E-state index contributed by atoms with van der Waals surface area (Å²) in [6, 6.07) is 15.0. The maximum atomic E-state index is 10.9. The first kappa shape index (κ1) is 14.3. The molecule has 1 unspecified atom stereocenters. The molecule has 1 atom stereocenters. The van der Waals surface area contributed by atoms with Gasteiger partial charge in [-0.1, -0.05) is 48.0 Å². The fraction of sp³-hybridized carbons (Fsp3) is 0.400. The standard InChI is InChI=1S/C20H24O/c1-15-6-5-7-16(12-15)14-20(2,21)19-11-10-17-8-3-4-9-18(17)13-19/h5-7,10-13,21H,3-4,8-9,14H2,1-2H3. The number of rotatable bonds is 3. The highest BCUT2D eigenvalue weighted by atomic mass is 16.3. The van der Waals surface area contributed by atoms with Gasteiger partial charge in [-0.15, -0.1) is 0 Å². The Morgan fingerprint density at radius 1 is 1.00 bits per heavy atom. The van der Waals surface area contributed by atoms with E-state index >= 15 is 0 Å². The van der Waals surface area contributed by atoms with Gasteiger partial charge in [0.2, 0.25) is 0 Å². The molecule has 2 aromatic rings. The summed E-state index contributed by atoms with van der Waals surface area (Å²) in [5, 5.41) is 10.9. The Bertz CT molecular complexity index is 640. The molecular weight excluding hydrogens is 256 g/mol. The summed E-state index contributed by atoms with van der Waals surface area (Å²) in [6.45, 7) is 4.02. The Morgan fingerprint density at radius 3 is 2.52 bits per heavy atom. The Balaban J connectivity index is 1.87. The van der Waals surface area contributed by atoms with Crippen molar-refractivity contribution in [3.8, 4) is 0 Å². The second-order valence-corrected chi connectivity index (χ2v) is 6.63. The van der Waals surface area contributed by atoms with Crippen LogP contribution in [0.5, 0.6) is 0 Å². The topological polar surface area (TPSA) is 20.2 Å². The smallest absolute Gasteiger partial charge is 0.0908 e. The van der Waals surface area contributed by atoms with Crippen LogP contribution in [0, 0.1) is 6.92 Å². The van der Waals surface area contributed by atoms with E-state index in [0.29, 0.717) is 6.42 Å². The van der Waals surface area contributed by atoms with Crippen LogP contribution in [0.2, 0.25) is 0 Å². The third-order valence-electron chi connectivity index (χ3n) is 4.60. The van der Waals surface area contributed by atoms with Crippen LogP contribution in [0.15, 0.2) is 42.5 Å². The van der Waals surface area contributed by atoms with E-state index in [2.05, 4.69) is 49.4 Å². The first-order valence-electron chi connectivity index (χ1n) is 7.95. The summed E-state index contributed by atoms with van der Waals surface area (Å²) in [6.07, 6.45) is 5.58. The molecule has 0 amide bonds. The van der Waals surface area contributed by atoms with E-state index in [-0.39, 0.29) is 0 Å². The average molecular weight is 280 g/mol. The van der Waals surface area contributed by atoms with Crippen LogP contribution in [0.1, 0.15) is 47.6 Å². The lowest BCUT2D eigenvalue weighted by Gasteiger charge is -2.26. The van der Waals surface area contributed by atoms with Gasteiger partial charge in [-0.3, -0.25) is 0 Å². The summed E-state index contributed by atoms with van der Waals surface area (Å²) >= 11 is 0. The van der Waals surface area contributed by atoms with E-state index in [9.17, 15) is 5.11 Å². The first-order chi connectivity index (χ1) is 10.0. The minimum atomic E-state index is -0.805. The van der Waals surface area contributed by atoms with Crippen molar-refractivity contribution in [2.75, 3.05) is 0 Å². The fourth-order valence-electron chi connectivity index (χ4n) is 3.39. The van der Waals surface area contributed by atoms with Crippen LogP contribution in [-0.2, 0) is 24.9 Å². The van der Waals surface area contributed by atoms with Gasteiger partial charge in [0, 0.05) is 6.42 Å². The maximum absolute atomic E-state index is 10.9. The molecule has 0 heterocycles. The van der Waals surface area contributed by atoms with Crippen LogP contribution < -0.4 is 0 Å². The van der Waals surface area contributed by atoms with Crippen molar-refractivity contribution >= 4 is 0 Å². The molecule has 110 valence electrons. The molecule has 2 aromatic carbocycles. The summed E-state index contributed by atoms with van der Waals surface area (Å²) in [4.78, 5) is 0. The van der Waals surface area contributed by atoms with Crippen molar-refractivity contribution in [3.63, 3.8) is 0 Å². The van der Waals surface area contributed by atoms with Crippen molar-refractivity contribution in [3.05, 3.63) is 70.3 Å². The number of fused-ring (bicyclic) bond motifs is 1. The minimum absolute atomic E-state index is 0.660. The highest BCUT2D eigenvalue weighted by Gasteiger charge is 2.25. The Morgan fingerprint density at radius 2 is 1.76 bits per heavy atom. The van der Waals surface area contributed by atoms with E-state index in [4.69, 9.17) is 0 Å². The maximum Gasteiger partial charge on any atom is 0.0908 e. The zero-order valence-corrected chi connectivity index (χ0v) is 13.0. The van der Waals surface area contributed by atoms with Gasteiger partial charge in [0.15, 0.2) is 0 Å². The molecule has 1 heteroatoms. The summed E-state index contributed by atoms with van der Waals surface area (Å²) < 4.78 is 0. The van der Waals surface area contributed by atoms with Crippen molar-refractivity contribution in [1.29, 1.82) is 0 Å². The molecule has 1 aliphatic carbocycles. The third kappa shape index (κ3) is 3.19. The average Bonchev–Trinajstić information content (AvgIpc) is 2.46. The number of aliphatic hydroxyl groups is 1. The van der Waals surface area contributed by atoms with Gasteiger partial charge < -0.3 is 5.11 Å². The van der Waals surface area contributed by atoms with Gasteiger partial charge in [0.25, 0.3) is 0 Å².